The fourth-order valence-electron chi connectivity index (χ4n) is 1.28. The highest BCUT2D eigenvalue weighted by Gasteiger charge is 2.17. The van der Waals surface area contributed by atoms with E-state index in [0.717, 1.165) is 0 Å². The number of nitrogens with two attached hydrogens (primary N) is 1. The molecule has 0 aromatic heterocycles. The molecule has 0 radical (unpaired) electrons. The van der Waals surface area contributed by atoms with Crippen molar-refractivity contribution >= 4 is 17.7 Å². The minimum absolute atomic E-state index is 0.0131. The predicted octanol–water partition coefficient (Wildman–Crippen LogP) is -1.73. The molecule has 20 heavy (non-hydrogen) atoms. The summed E-state index contributed by atoms with van der Waals surface area (Å²) in [5.41, 5.74) is 4.36. The highest BCUT2D eigenvalue weighted by Crippen LogP contribution is 2.13. The first kappa shape index (κ1) is 18.3. The maximum Gasteiger partial charge on any atom is 0.239 e. The van der Waals surface area contributed by atoms with Crippen LogP contribution in [-0.2, 0) is 19.1 Å². The Bertz CT molecular complexity index is 344. The summed E-state index contributed by atoms with van der Waals surface area (Å²) in [5.74, 6) is -1.47. The smallest absolute Gasteiger partial charge is 0.239 e. The Morgan fingerprint density at radius 2 is 1.75 bits per heavy atom. The Morgan fingerprint density at radius 3 is 2.30 bits per heavy atom. The molecular formula is C12H23N3O5. The average Bonchev–Trinajstić information content (AvgIpc) is 2.33. The standard InChI is InChI=1S/C12H23N3O5/c1-12(2,4-5-16)20-6-3-10(18)15-8-11(19)14-7-9(13)17/h16H,3-8H2,1-2H3,(H2,13,17)(H,14,19)(H,15,18). The number of aliphatic hydroxyl groups excluding tert-OH is 1. The number of nitrogens with one attached hydrogen (secondary N) is 2. The number of aliphatic hydroxyl groups is 1. The number of hydrogen-bond donors (Lipinski definition) is 4. The molecule has 0 heterocycles. The molecule has 116 valence electrons. The van der Waals surface area contributed by atoms with Gasteiger partial charge in [0.1, 0.15) is 0 Å². The van der Waals surface area contributed by atoms with Crippen molar-refractivity contribution in [2.24, 2.45) is 5.73 Å². The molecule has 0 aromatic carbocycles. The predicted molar refractivity (Wildman–Crippen MR) is 71.6 cm³/mol. The third-order valence-electron chi connectivity index (χ3n) is 2.44. The Balaban J connectivity index is 3.74. The van der Waals surface area contributed by atoms with Crippen LogP contribution in [0.2, 0.25) is 0 Å². The summed E-state index contributed by atoms with van der Waals surface area (Å²) in [6, 6.07) is 0. The van der Waals surface area contributed by atoms with Gasteiger partial charge >= 0.3 is 0 Å². The van der Waals surface area contributed by atoms with Gasteiger partial charge < -0.3 is 26.2 Å². The Labute approximate surface area is 118 Å². The molecule has 8 heteroatoms. The van der Waals surface area contributed by atoms with Crippen molar-refractivity contribution in [1.82, 2.24) is 10.6 Å². The molecule has 0 spiro atoms. The Morgan fingerprint density at radius 1 is 1.15 bits per heavy atom. The van der Waals surface area contributed by atoms with Crippen molar-refractivity contribution in [3.63, 3.8) is 0 Å². The van der Waals surface area contributed by atoms with Gasteiger partial charge in [0.25, 0.3) is 0 Å². The third-order valence-corrected chi connectivity index (χ3v) is 2.44. The van der Waals surface area contributed by atoms with Crippen molar-refractivity contribution in [1.29, 1.82) is 0 Å². The zero-order chi connectivity index (χ0) is 15.6. The summed E-state index contributed by atoms with van der Waals surface area (Å²) in [7, 11) is 0. The molecule has 0 aromatic rings. The van der Waals surface area contributed by atoms with E-state index in [0.29, 0.717) is 6.42 Å². The van der Waals surface area contributed by atoms with E-state index in [9.17, 15) is 14.4 Å². The number of hydrogen-bond acceptors (Lipinski definition) is 5. The van der Waals surface area contributed by atoms with Crippen LogP contribution in [0.15, 0.2) is 0 Å². The maximum atomic E-state index is 11.4. The Kier molecular flexibility index (Phi) is 8.49. The monoisotopic (exact) mass is 289 g/mol. The molecule has 0 bridgehead atoms. The fraction of sp³-hybridized carbons (Fsp3) is 0.750. The van der Waals surface area contributed by atoms with Gasteiger partial charge in [0.05, 0.1) is 25.3 Å². The second kappa shape index (κ2) is 9.27. The summed E-state index contributed by atoms with van der Waals surface area (Å²) < 4.78 is 5.44. The van der Waals surface area contributed by atoms with Gasteiger partial charge in [-0.3, -0.25) is 14.4 Å². The van der Waals surface area contributed by atoms with Gasteiger partial charge in [-0.15, -0.1) is 0 Å². The molecule has 0 saturated carbocycles. The first-order chi connectivity index (χ1) is 9.26. The zero-order valence-corrected chi connectivity index (χ0v) is 11.9. The van der Waals surface area contributed by atoms with E-state index in [2.05, 4.69) is 10.6 Å². The molecule has 0 saturated heterocycles. The normalized spacial score (nSPS) is 10.9. The number of primary amides is 1. The van der Waals surface area contributed by atoms with Crippen LogP contribution in [0.3, 0.4) is 0 Å². The van der Waals surface area contributed by atoms with E-state index >= 15 is 0 Å². The minimum Gasteiger partial charge on any atom is -0.396 e. The van der Waals surface area contributed by atoms with Crippen molar-refractivity contribution in [2.75, 3.05) is 26.3 Å². The summed E-state index contributed by atoms with van der Waals surface area (Å²) in [6.07, 6.45) is 0.585. The fourth-order valence-corrected chi connectivity index (χ4v) is 1.28. The van der Waals surface area contributed by atoms with Crippen molar-refractivity contribution in [2.45, 2.75) is 32.3 Å². The van der Waals surface area contributed by atoms with Gasteiger partial charge in [-0.05, 0) is 20.3 Å². The van der Waals surface area contributed by atoms with Crippen LogP contribution < -0.4 is 16.4 Å². The Hall–Kier alpha value is -1.67. The zero-order valence-electron chi connectivity index (χ0n) is 11.9. The van der Waals surface area contributed by atoms with Crippen LogP contribution in [0, 0.1) is 0 Å². The lowest BCUT2D eigenvalue weighted by Crippen LogP contribution is -2.40. The van der Waals surface area contributed by atoms with Crippen LogP contribution in [0.25, 0.3) is 0 Å². The number of carbonyl (C=O) groups is 3. The number of rotatable bonds is 10. The molecule has 0 atom stereocenters. The average molecular weight is 289 g/mol. The lowest BCUT2D eigenvalue weighted by molar-refractivity contribution is -0.128. The van der Waals surface area contributed by atoms with E-state index in [4.69, 9.17) is 15.6 Å². The molecule has 0 aliphatic heterocycles. The van der Waals surface area contributed by atoms with Crippen LogP contribution in [0.5, 0.6) is 0 Å². The van der Waals surface area contributed by atoms with Crippen LogP contribution in [0.4, 0.5) is 0 Å². The van der Waals surface area contributed by atoms with Crippen molar-refractivity contribution in [3.05, 3.63) is 0 Å². The molecule has 5 N–H and O–H groups in total. The van der Waals surface area contributed by atoms with Crippen LogP contribution >= 0.6 is 0 Å². The van der Waals surface area contributed by atoms with E-state index < -0.39 is 17.4 Å². The maximum absolute atomic E-state index is 11.4. The SMILES string of the molecule is CC(C)(CCO)OCCC(=O)NCC(=O)NCC(N)=O. The number of ether oxygens (including phenoxy) is 1. The van der Waals surface area contributed by atoms with Crippen LogP contribution in [0.1, 0.15) is 26.7 Å². The summed E-state index contributed by atoms with van der Waals surface area (Å²) in [4.78, 5) is 33.0. The second-order valence-electron chi connectivity index (χ2n) is 4.85. The lowest BCUT2D eigenvalue weighted by atomic mass is 10.1. The quantitative estimate of drug-likeness (QED) is 0.379. The molecule has 0 aliphatic carbocycles. The van der Waals surface area contributed by atoms with Crippen molar-refractivity contribution < 1.29 is 24.2 Å². The van der Waals surface area contributed by atoms with E-state index in [-0.39, 0.29) is 38.6 Å². The molecule has 0 rings (SSSR count). The van der Waals surface area contributed by atoms with Gasteiger partial charge in [0.15, 0.2) is 0 Å². The molecule has 8 nitrogen and oxygen atoms in total. The molecular weight excluding hydrogens is 266 g/mol. The first-order valence-electron chi connectivity index (χ1n) is 6.33. The number of carbonyl (C=O) groups excluding carboxylic acids is 3. The number of amides is 3. The van der Waals surface area contributed by atoms with E-state index in [1.807, 2.05) is 13.8 Å². The van der Waals surface area contributed by atoms with E-state index in [1.54, 1.807) is 0 Å². The molecule has 0 unspecified atom stereocenters. The summed E-state index contributed by atoms with van der Waals surface area (Å²) in [6.45, 7) is 3.37. The highest BCUT2D eigenvalue weighted by molar-refractivity contribution is 5.87. The van der Waals surface area contributed by atoms with Gasteiger partial charge in [-0.1, -0.05) is 0 Å². The summed E-state index contributed by atoms with van der Waals surface area (Å²) >= 11 is 0. The third kappa shape index (κ3) is 10.3. The largest absolute Gasteiger partial charge is 0.396 e. The van der Waals surface area contributed by atoms with Gasteiger partial charge in [-0.25, -0.2) is 0 Å². The highest BCUT2D eigenvalue weighted by atomic mass is 16.5. The van der Waals surface area contributed by atoms with Gasteiger partial charge in [0, 0.05) is 13.0 Å². The molecule has 0 fully saturated rings. The minimum atomic E-state index is -0.649. The first-order valence-corrected chi connectivity index (χ1v) is 6.33. The summed E-state index contributed by atoms with van der Waals surface area (Å²) in [5, 5.41) is 13.4. The van der Waals surface area contributed by atoms with Gasteiger partial charge in [-0.2, -0.15) is 0 Å². The molecule has 3 amide bonds. The topological polar surface area (TPSA) is 131 Å². The second-order valence-corrected chi connectivity index (χ2v) is 4.85. The van der Waals surface area contributed by atoms with Crippen molar-refractivity contribution in [3.8, 4) is 0 Å². The van der Waals surface area contributed by atoms with E-state index in [1.165, 1.54) is 0 Å². The molecule has 0 aliphatic rings. The van der Waals surface area contributed by atoms with Gasteiger partial charge in [0.2, 0.25) is 17.7 Å². The lowest BCUT2D eigenvalue weighted by Gasteiger charge is -2.24. The van der Waals surface area contributed by atoms with Crippen LogP contribution in [-0.4, -0.2) is 54.7 Å².